The fourth-order valence-corrected chi connectivity index (χ4v) is 2.86. The van der Waals surface area contributed by atoms with Crippen LogP contribution in [-0.2, 0) is 0 Å². The van der Waals surface area contributed by atoms with Crippen LogP contribution in [0.2, 0.25) is 0 Å². The van der Waals surface area contributed by atoms with Crippen molar-refractivity contribution in [3.05, 3.63) is 0 Å². The van der Waals surface area contributed by atoms with Crippen molar-refractivity contribution in [3.63, 3.8) is 0 Å². The van der Waals surface area contributed by atoms with Gasteiger partial charge in [-0.1, -0.05) is 0 Å². The molecule has 82 valence electrons. The van der Waals surface area contributed by atoms with Gasteiger partial charge in [0.2, 0.25) is 0 Å². The summed E-state index contributed by atoms with van der Waals surface area (Å²) in [5.41, 5.74) is 0. The van der Waals surface area contributed by atoms with Crippen molar-refractivity contribution in [3.8, 4) is 0 Å². The Morgan fingerprint density at radius 2 is 1.79 bits per heavy atom. The summed E-state index contributed by atoms with van der Waals surface area (Å²) in [6.07, 6.45) is 2.89. The minimum Gasteiger partial charge on any atom is -0.306 e. The lowest BCUT2D eigenvalue weighted by molar-refractivity contribution is 0.00808. The third-order valence-corrected chi connectivity index (χ3v) is 4.00. The van der Waals surface area contributed by atoms with Crippen LogP contribution in [0.25, 0.3) is 0 Å². The van der Waals surface area contributed by atoms with Crippen molar-refractivity contribution in [2.75, 3.05) is 33.2 Å². The Labute approximate surface area is 88.3 Å². The highest BCUT2D eigenvalue weighted by atomic mass is 15.2. The smallest absolute Gasteiger partial charge is 0.00388 e. The molecule has 2 rings (SSSR count). The highest BCUT2D eigenvalue weighted by molar-refractivity contribution is 4.89. The average molecular weight is 196 g/mol. The summed E-state index contributed by atoms with van der Waals surface area (Å²) in [7, 11) is 2.27. The molecule has 2 fully saturated rings. The third kappa shape index (κ3) is 2.12. The molecule has 2 saturated heterocycles. The van der Waals surface area contributed by atoms with E-state index in [4.69, 9.17) is 0 Å². The first-order valence-corrected chi connectivity index (χ1v) is 6.09. The Bertz CT molecular complexity index is 185. The standard InChI is InChI=1S/C12H24N2/c1-10(2)14-8-12(9-14)11-5-4-6-13(3)7-11/h10-12H,4-9H2,1-3H3. The van der Waals surface area contributed by atoms with Crippen LogP contribution in [0.3, 0.4) is 0 Å². The Kier molecular flexibility index (Phi) is 3.13. The largest absolute Gasteiger partial charge is 0.306 e. The van der Waals surface area contributed by atoms with Crippen molar-refractivity contribution < 1.29 is 0 Å². The van der Waals surface area contributed by atoms with Gasteiger partial charge in [0, 0.05) is 25.7 Å². The Morgan fingerprint density at radius 1 is 1.07 bits per heavy atom. The lowest BCUT2D eigenvalue weighted by atomic mass is 9.80. The summed E-state index contributed by atoms with van der Waals surface area (Å²) in [5.74, 6) is 1.99. The zero-order valence-corrected chi connectivity index (χ0v) is 9.87. The molecule has 0 aromatic carbocycles. The number of nitrogens with zero attached hydrogens (tertiary/aromatic N) is 2. The predicted octanol–water partition coefficient (Wildman–Crippen LogP) is 1.67. The summed E-state index contributed by atoms with van der Waals surface area (Å²) < 4.78 is 0. The van der Waals surface area contributed by atoms with Crippen molar-refractivity contribution in [1.29, 1.82) is 0 Å². The maximum Gasteiger partial charge on any atom is 0.00388 e. The van der Waals surface area contributed by atoms with Gasteiger partial charge in [0.1, 0.15) is 0 Å². The molecule has 0 spiro atoms. The van der Waals surface area contributed by atoms with E-state index in [9.17, 15) is 0 Å². The van der Waals surface area contributed by atoms with Crippen molar-refractivity contribution in [1.82, 2.24) is 9.80 Å². The van der Waals surface area contributed by atoms with Gasteiger partial charge >= 0.3 is 0 Å². The van der Waals surface area contributed by atoms with E-state index < -0.39 is 0 Å². The van der Waals surface area contributed by atoms with Crippen LogP contribution >= 0.6 is 0 Å². The van der Waals surface area contributed by atoms with Gasteiger partial charge in [-0.2, -0.15) is 0 Å². The van der Waals surface area contributed by atoms with Crippen LogP contribution in [0, 0.1) is 11.8 Å². The van der Waals surface area contributed by atoms with Crippen LogP contribution < -0.4 is 0 Å². The molecule has 1 atom stereocenters. The second-order valence-electron chi connectivity index (χ2n) is 5.47. The second-order valence-corrected chi connectivity index (χ2v) is 5.47. The number of hydrogen-bond acceptors (Lipinski definition) is 2. The lowest BCUT2D eigenvalue weighted by Crippen LogP contribution is -2.55. The van der Waals surface area contributed by atoms with Gasteiger partial charge in [0.25, 0.3) is 0 Å². The topological polar surface area (TPSA) is 6.48 Å². The zero-order valence-electron chi connectivity index (χ0n) is 9.87. The number of rotatable bonds is 2. The summed E-state index contributed by atoms with van der Waals surface area (Å²) in [6.45, 7) is 9.99. The average Bonchev–Trinajstić information content (AvgIpc) is 2.00. The van der Waals surface area contributed by atoms with Gasteiger partial charge < -0.3 is 9.80 Å². The van der Waals surface area contributed by atoms with Crippen LogP contribution in [0.4, 0.5) is 0 Å². The van der Waals surface area contributed by atoms with E-state index in [-0.39, 0.29) is 0 Å². The highest BCUT2D eigenvalue weighted by Gasteiger charge is 2.35. The Hall–Kier alpha value is -0.0800. The monoisotopic (exact) mass is 196 g/mol. The molecule has 0 N–H and O–H groups in total. The summed E-state index contributed by atoms with van der Waals surface area (Å²) >= 11 is 0. The molecule has 0 aromatic rings. The van der Waals surface area contributed by atoms with Gasteiger partial charge in [-0.3, -0.25) is 0 Å². The minimum absolute atomic E-state index is 0.757. The molecule has 0 aromatic heterocycles. The quantitative estimate of drug-likeness (QED) is 0.663. The number of likely N-dealkylation sites (tertiary alicyclic amines) is 2. The fraction of sp³-hybridized carbons (Fsp3) is 1.00. The third-order valence-electron chi connectivity index (χ3n) is 4.00. The summed E-state index contributed by atoms with van der Waals surface area (Å²) in [6, 6.07) is 0.757. The van der Waals surface area contributed by atoms with E-state index in [0.717, 1.165) is 17.9 Å². The molecule has 2 heteroatoms. The van der Waals surface area contributed by atoms with Crippen molar-refractivity contribution in [2.45, 2.75) is 32.7 Å². The molecule has 0 aliphatic carbocycles. The first-order chi connectivity index (χ1) is 6.66. The van der Waals surface area contributed by atoms with E-state index in [1.54, 1.807) is 0 Å². The predicted molar refractivity (Wildman–Crippen MR) is 60.4 cm³/mol. The van der Waals surface area contributed by atoms with Gasteiger partial charge in [0.05, 0.1) is 0 Å². The van der Waals surface area contributed by atoms with E-state index in [0.29, 0.717) is 0 Å². The van der Waals surface area contributed by atoms with Crippen LogP contribution in [0.5, 0.6) is 0 Å². The molecule has 0 amide bonds. The minimum atomic E-state index is 0.757. The first kappa shape index (κ1) is 10.4. The van der Waals surface area contributed by atoms with E-state index in [1.807, 2.05) is 0 Å². The van der Waals surface area contributed by atoms with Crippen molar-refractivity contribution >= 4 is 0 Å². The number of piperidine rings is 1. The number of hydrogen-bond donors (Lipinski definition) is 0. The molecule has 0 bridgehead atoms. The molecule has 0 saturated carbocycles. The normalized spacial score (nSPS) is 32.1. The zero-order chi connectivity index (χ0) is 10.1. The SMILES string of the molecule is CC(C)N1CC(C2CCCN(C)C2)C1. The molecule has 2 aliphatic heterocycles. The van der Waals surface area contributed by atoms with E-state index in [2.05, 4.69) is 30.7 Å². The van der Waals surface area contributed by atoms with Gasteiger partial charge in [-0.05, 0) is 52.1 Å². The van der Waals surface area contributed by atoms with E-state index in [1.165, 1.54) is 39.0 Å². The lowest BCUT2D eigenvalue weighted by Gasteiger charge is -2.48. The molecular formula is C12H24N2. The molecule has 2 heterocycles. The summed E-state index contributed by atoms with van der Waals surface area (Å²) in [5, 5.41) is 0. The molecule has 1 unspecified atom stereocenters. The van der Waals surface area contributed by atoms with Crippen LogP contribution in [0.15, 0.2) is 0 Å². The molecule has 2 nitrogen and oxygen atoms in total. The van der Waals surface area contributed by atoms with Gasteiger partial charge in [-0.15, -0.1) is 0 Å². The second kappa shape index (κ2) is 4.19. The van der Waals surface area contributed by atoms with Crippen molar-refractivity contribution in [2.24, 2.45) is 11.8 Å². The van der Waals surface area contributed by atoms with Gasteiger partial charge in [-0.25, -0.2) is 0 Å². The highest BCUT2D eigenvalue weighted by Crippen LogP contribution is 2.31. The first-order valence-electron chi connectivity index (χ1n) is 6.09. The molecule has 2 aliphatic rings. The Balaban J connectivity index is 1.76. The van der Waals surface area contributed by atoms with Gasteiger partial charge in [0.15, 0.2) is 0 Å². The molecular weight excluding hydrogens is 172 g/mol. The maximum atomic E-state index is 2.60. The Morgan fingerprint density at radius 3 is 2.36 bits per heavy atom. The van der Waals surface area contributed by atoms with Crippen LogP contribution in [0.1, 0.15) is 26.7 Å². The molecule has 0 radical (unpaired) electrons. The molecule has 14 heavy (non-hydrogen) atoms. The fourth-order valence-electron chi connectivity index (χ4n) is 2.86. The maximum absolute atomic E-state index is 2.60. The van der Waals surface area contributed by atoms with E-state index >= 15 is 0 Å². The summed E-state index contributed by atoms with van der Waals surface area (Å²) in [4.78, 5) is 5.10. The van der Waals surface area contributed by atoms with Crippen LogP contribution in [-0.4, -0.2) is 49.1 Å².